The molecule has 0 unspecified atom stereocenters. The lowest BCUT2D eigenvalue weighted by Crippen LogP contribution is -2.35. The SMILES string of the molecule is CCCn1c2c(cc(CC#N)c1=O)CN(C)CC2. The molecule has 1 aromatic rings. The van der Waals surface area contributed by atoms with Gasteiger partial charge in [-0.1, -0.05) is 6.92 Å². The molecule has 18 heavy (non-hydrogen) atoms. The number of hydrogen-bond acceptors (Lipinski definition) is 3. The standard InChI is InChI=1S/C14H19N3O/c1-3-7-17-13-5-8-16(2)10-12(13)9-11(4-6-15)14(17)18/h9H,3-5,7-8,10H2,1-2H3. The number of likely N-dealkylation sites (N-methyl/N-ethyl adjacent to an activating group) is 1. The molecular formula is C14H19N3O. The first-order chi connectivity index (χ1) is 8.67. The van der Waals surface area contributed by atoms with E-state index in [1.165, 1.54) is 11.3 Å². The lowest BCUT2D eigenvalue weighted by atomic mass is 10.0. The van der Waals surface area contributed by atoms with Gasteiger partial charge in [0, 0.05) is 37.3 Å². The first kappa shape index (κ1) is 12.8. The summed E-state index contributed by atoms with van der Waals surface area (Å²) in [6.45, 7) is 4.69. The molecule has 96 valence electrons. The second-order valence-corrected chi connectivity index (χ2v) is 4.92. The van der Waals surface area contributed by atoms with E-state index in [1.807, 2.05) is 10.6 Å². The van der Waals surface area contributed by atoms with Crippen LogP contribution in [0.3, 0.4) is 0 Å². The van der Waals surface area contributed by atoms with E-state index in [0.29, 0.717) is 5.56 Å². The summed E-state index contributed by atoms with van der Waals surface area (Å²) in [7, 11) is 2.09. The minimum atomic E-state index is 0.0294. The highest BCUT2D eigenvalue weighted by Gasteiger charge is 2.19. The maximum absolute atomic E-state index is 12.3. The summed E-state index contributed by atoms with van der Waals surface area (Å²) in [5, 5.41) is 8.81. The highest BCUT2D eigenvalue weighted by molar-refractivity contribution is 5.30. The van der Waals surface area contributed by atoms with E-state index >= 15 is 0 Å². The highest BCUT2D eigenvalue weighted by Crippen LogP contribution is 2.18. The predicted molar refractivity (Wildman–Crippen MR) is 70.3 cm³/mol. The molecule has 1 aliphatic heterocycles. The predicted octanol–water partition coefficient (Wildman–Crippen LogP) is 1.31. The van der Waals surface area contributed by atoms with Crippen molar-refractivity contribution in [1.29, 1.82) is 5.26 Å². The average Bonchev–Trinajstić information content (AvgIpc) is 2.34. The summed E-state index contributed by atoms with van der Waals surface area (Å²) >= 11 is 0. The molecule has 0 aromatic carbocycles. The zero-order valence-corrected chi connectivity index (χ0v) is 11.1. The first-order valence-corrected chi connectivity index (χ1v) is 6.47. The molecule has 4 heteroatoms. The third-order valence-electron chi connectivity index (χ3n) is 3.45. The monoisotopic (exact) mass is 245 g/mol. The molecule has 2 rings (SSSR count). The molecule has 0 spiro atoms. The van der Waals surface area contributed by atoms with E-state index in [4.69, 9.17) is 5.26 Å². The number of fused-ring (bicyclic) bond motifs is 1. The van der Waals surface area contributed by atoms with Gasteiger partial charge in [-0.3, -0.25) is 4.79 Å². The topological polar surface area (TPSA) is 49.0 Å². The molecule has 0 amide bonds. The number of nitrogens with zero attached hydrogens (tertiary/aromatic N) is 3. The molecule has 0 aliphatic carbocycles. The van der Waals surface area contributed by atoms with Crippen LogP contribution in [0.15, 0.2) is 10.9 Å². The van der Waals surface area contributed by atoms with Crippen LogP contribution in [0.5, 0.6) is 0 Å². The second-order valence-electron chi connectivity index (χ2n) is 4.92. The van der Waals surface area contributed by atoms with Crippen molar-refractivity contribution in [1.82, 2.24) is 9.47 Å². The molecule has 1 aliphatic rings. The zero-order valence-electron chi connectivity index (χ0n) is 11.1. The molecule has 2 heterocycles. The maximum atomic E-state index is 12.3. The first-order valence-electron chi connectivity index (χ1n) is 6.47. The minimum Gasteiger partial charge on any atom is -0.312 e. The van der Waals surface area contributed by atoms with Crippen LogP contribution in [0.2, 0.25) is 0 Å². The Labute approximate surface area is 107 Å². The van der Waals surface area contributed by atoms with Crippen LogP contribution in [-0.2, 0) is 25.9 Å². The van der Waals surface area contributed by atoms with Gasteiger partial charge >= 0.3 is 0 Å². The van der Waals surface area contributed by atoms with Crippen molar-refractivity contribution in [2.24, 2.45) is 0 Å². The number of aromatic nitrogens is 1. The lowest BCUT2D eigenvalue weighted by Gasteiger charge is -2.28. The maximum Gasteiger partial charge on any atom is 0.255 e. The van der Waals surface area contributed by atoms with E-state index in [-0.39, 0.29) is 12.0 Å². The van der Waals surface area contributed by atoms with Crippen molar-refractivity contribution in [3.63, 3.8) is 0 Å². The van der Waals surface area contributed by atoms with Gasteiger partial charge in [0.15, 0.2) is 0 Å². The van der Waals surface area contributed by atoms with Gasteiger partial charge in [-0.05, 0) is 25.1 Å². The van der Waals surface area contributed by atoms with E-state index in [0.717, 1.165) is 32.5 Å². The second kappa shape index (κ2) is 5.36. The fraction of sp³-hybridized carbons (Fsp3) is 0.571. The van der Waals surface area contributed by atoms with E-state index < -0.39 is 0 Å². The van der Waals surface area contributed by atoms with Gasteiger partial charge in [-0.15, -0.1) is 0 Å². The molecule has 0 saturated carbocycles. The molecule has 4 nitrogen and oxygen atoms in total. The summed E-state index contributed by atoms with van der Waals surface area (Å²) in [5.74, 6) is 0. The molecule has 0 radical (unpaired) electrons. The lowest BCUT2D eigenvalue weighted by molar-refractivity contribution is 0.303. The summed E-state index contributed by atoms with van der Waals surface area (Å²) in [6.07, 6.45) is 2.08. The van der Waals surface area contributed by atoms with Crippen molar-refractivity contribution in [2.45, 2.75) is 39.3 Å². The van der Waals surface area contributed by atoms with Crippen LogP contribution in [0.1, 0.15) is 30.2 Å². The number of nitriles is 1. The zero-order chi connectivity index (χ0) is 13.1. The largest absolute Gasteiger partial charge is 0.312 e. The van der Waals surface area contributed by atoms with Crippen molar-refractivity contribution < 1.29 is 0 Å². The molecule has 1 aromatic heterocycles. The van der Waals surface area contributed by atoms with Crippen molar-refractivity contribution >= 4 is 0 Å². The van der Waals surface area contributed by atoms with Crippen LogP contribution in [-0.4, -0.2) is 23.1 Å². The van der Waals surface area contributed by atoms with Gasteiger partial charge in [0.2, 0.25) is 0 Å². The van der Waals surface area contributed by atoms with Crippen LogP contribution in [0.25, 0.3) is 0 Å². The van der Waals surface area contributed by atoms with Gasteiger partial charge in [0.05, 0.1) is 12.5 Å². The Kier molecular flexibility index (Phi) is 3.83. The number of hydrogen-bond donors (Lipinski definition) is 0. The van der Waals surface area contributed by atoms with Gasteiger partial charge in [0.25, 0.3) is 5.56 Å². The smallest absolute Gasteiger partial charge is 0.255 e. The van der Waals surface area contributed by atoms with Crippen molar-refractivity contribution in [2.75, 3.05) is 13.6 Å². The summed E-state index contributed by atoms with van der Waals surface area (Å²) in [5.41, 5.74) is 3.05. The Hall–Kier alpha value is -1.60. The molecular weight excluding hydrogens is 226 g/mol. The minimum absolute atomic E-state index is 0.0294. The fourth-order valence-electron chi connectivity index (χ4n) is 2.60. The Balaban J connectivity index is 2.55. The molecule has 0 saturated heterocycles. The van der Waals surface area contributed by atoms with Gasteiger partial charge in [-0.25, -0.2) is 0 Å². The van der Waals surface area contributed by atoms with E-state index in [2.05, 4.69) is 24.9 Å². The number of rotatable bonds is 3. The Morgan fingerprint density at radius 2 is 2.28 bits per heavy atom. The molecule has 0 N–H and O–H groups in total. The number of pyridine rings is 1. The third kappa shape index (κ3) is 2.32. The third-order valence-corrected chi connectivity index (χ3v) is 3.45. The van der Waals surface area contributed by atoms with Gasteiger partial charge in [0.1, 0.15) is 0 Å². The van der Waals surface area contributed by atoms with Crippen molar-refractivity contribution in [3.05, 3.63) is 33.2 Å². The Bertz CT molecular complexity index is 539. The van der Waals surface area contributed by atoms with Gasteiger partial charge < -0.3 is 9.47 Å². The molecule has 0 fully saturated rings. The molecule has 0 bridgehead atoms. The van der Waals surface area contributed by atoms with E-state index in [9.17, 15) is 4.79 Å². The van der Waals surface area contributed by atoms with Crippen LogP contribution in [0, 0.1) is 11.3 Å². The van der Waals surface area contributed by atoms with Crippen LogP contribution >= 0.6 is 0 Å². The van der Waals surface area contributed by atoms with Crippen LogP contribution in [0.4, 0.5) is 0 Å². The summed E-state index contributed by atoms with van der Waals surface area (Å²) < 4.78 is 1.88. The Morgan fingerprint density at radius 1 is 1.50 bits per heavy atom. The quantitative estimate of drug-likeness (QED) is 0.806. The Morgan fingerprint density at radius 3 is 2.94 bits per heavy atom. The molecule has 0 atom stereocenters. The highest BCUT2D eigenvalue weighted by atomic mass is 16.1. The fourth-order valence-corrected chi connectivity index (χ4v) is 2.60. The summed E-state index contributed by atoms with van der Waals surface area (Å²) in [4.78, 5) is 14.5. The normalized spacial score (nSPS) is 15.2. The summed E-state index contributed by atoms with van der Waals surface area (Å²) in [6, 6.07) is 4.02. The van der Waals surface area contributed by atoms with Gasteiger partial charge in [-0.2, -0.15) is 5.26 Å². The average molecular weight is 245 g/mol. The van der Waals surface area contributed by atoms with Crippen molar-refractivity contribution in [3.8, 4) is 6.07 Å². The van der Waals surface area contributed by atoms with Crippen LogP contribution < -0.4 is 5.56 Å². The van der Waals surface area contributed by atoms with E-state index in [1.54, 1.807) is 0 Å².